The van der Waals surface area contributed by atoms with Gasteiger partial charge in [-0.1, -0.05) is 0 Å². The molecule has 2 heterocycles. The highest BCUT2D eigenvalue weighted by Crippen LogP contribution is 2.19. The van der Waals surface area contributed by atoms with Gasteiger partial charge in [-0.25, -0.2) is 9.37 Å². The second kappa shape index (κ2) is 7.08. The van der Waals surface area contributed by atoms with Crippen LogP contribution in [0.4, 0.5) is 14.5 Å². The Balaban J connectivity index is 1.77. The van der Waals surface area contributed by atoms with Crippen LogP contribution in [0.2, 0.25) is 0 Å². The third-order valence-electron chi connectivity index (χ3n) is 3.50. The van der Waals surface area contributed by atoms with Gasteiger partial charge in [-0.2, -0.15) is 9.49 Å². The van der Waals surface area contributed by atoms with E-state index in [9.17, 15) is 13.6 Å². The Bertz CT molecular complexity index is 875. The van der Waals surface area contributed by atoms with E-state index < -0.39 is 11.9 Å². The van der Waals surface area contributed by atoms with Crippen LogP contribution in [-0.4, -0.2) is 20.7 Å². The van der Waals surface area contributed by atoms with E-state index in [-0.39, 0.29) is 5.82 Å². The number of amides is 1. The lowest BCUT2D eigenvalue weighted by Gasteiger charge is -2.08. The van der Waals surface area contributed by atoms with Crippen molar-refractivity contribution in [1.82, 2.24) is 20.2 Å². The third-order valence-corrected chi connectivity index (χ3v) is 3.50. The highest BCUT2D eigenvalue weighted by atomic mass is 19.1. The van der Waals surface area contributed by atoms with Crippen molar-refractivity contribution in [2.75, 3.05) is 5.43 Å². The average Bonchev–Trinajstić information content (AvgIpc) is 3.06. The van der Waals surface area contributed by atoms with Gasteiger partial charge in [0, 0.05) is 12.1 Å². The molecule has 0 aliphatic heterocycles. The molecule has 2 aromatic heterocycles. The lowest BCUT2D eigenvalue weighted by molar-refractivity contribution is 0.0952. The normalized spacial score (nSPS) is 10.5. The molecule has 25 heavy (non-hydrogen) atoms. The van der Waals surface area contributed by atoms with Gasteiger partial charge in [0.25, 0.3) is 5.91 Å². The smallest absolute Gasteiger partial charge is 0.287 e. The molecule has 6 nitrogen and oxygen atoms in total. The van der Waals surface area contributed by atoms with Crippen molar-refractivity contribution in [3.63, 3.8) is 0 Å². The molecule has 0 radical (unpaired) electrons. The van der Waals surface area contributed by atoms with Crippen molar-refractivity contribution >= 4 is 11.6 Å². The van der Waals surface area contributed by atoms with Crippen LogP contribution in [0.25, 0.3) is 11.3 Å². The summed E-state index contributed by atoms with van der Waals surface area (Å²) in [5.74, 6) is -1.36. The summed E-state index contributed by atoms with van der Waals surface area (Å²) in [7, 11) is 0. The minimum atomic E-state index is -0.607. The average molecular weight is 343 g/mol. The van der Waals surface area contributed by atoms with E-state index in [0.717, 1.165) is 0 Å². The number of rotatable bonds is 5. The number of nitrogens with zero attached hydrogens (tertiary/aromatic N) is 3. The highest BCUT2D eigenvalue weighted by Gasteiger charge is 2.15. The first-order valence-corrected chi connectivity index (χ1v) is 7.58. The summed E-state index contributed by atoms with van der Waals surface area (Å²) in [6.45, 7) is 2.34. The minimum absolute atomic E-state index is 0.337. The fraction of sp³-hybridized carbons (Fsp3) is 0.118. The van der Waals surface area contributed by atoms with Crippen molar-refractivity contribution < 1.29 is 13.6 Å². The molecular weight excluding hydrogens is 328 g/mol. The lowest BCUT2D eigenvalue weighted by Crippen LogP contribution is -2.31. The Kier molecular flexibility index (Phi) is 4.69. The van der Waals surface area contributed by atoms with E-state index in [2.05, 4.69) is 20.9 Å². The number of pyridine rings is 1. The molecule has 0 fully saturated rings. The van der Waals surface area contributed by atoms with Gasteiger partial charge in [0.2, 0.25) is 5.95 Å². The molecule has 2 N–H and O–H groups in total. The Labute approximate surface area is 142 Å². The first-order chi connectivity index (χ1) is 12.1. The number of aromatic nitrogens is 3. The van der Waals surface area contributed by atoms with Crippen LogP contribution in [-0.2, 0) is 6.54 Å². The Morgan fingerprint density at radius 3 is 2.56 bits per heavy atom. The van der Waals surface area contributed by atoms with E-state index in [4.69, 9.17) is 0 Å². The molecule has 0 spiro atoms. The fourth-order valence-electron chi connectivity index (χ4n) is 2.25. The van der Waals surface area contributed by atoms with Crippen LogP contribution in [0, 0.1) is 11.8 Å². The topological polar surface area (TPSA) is 71.8 Å². The molecule has 0 bridgehead atoms. The number of hydrazine groups is 1. The summed E-state index contributed by atoms with van der Waals surface area (Å²) in [5.41, 5.74) is 7.22. The molecule has 3 aromatic rings. The summed E-state index contributed by atoms with van der Waals surface area (Å²) in [4.78, 5) is 15.9. The van der Waals surface area contributed by atoms with E-state index in [1.54, 1.807) is 22.9 Å². The summed E-state index contributed by atoms with van der Waals surface area (Å²) >= 11 is 0. The summed E-state index contributed by atoms with van der Waals surface area (Å²) in [6, 6.07) is 10.1. The molecular formula is C17H15F2N5O. The van der Waals surface area contributed by atoms with Crippen LogP contribution in [0.5, 0.6) is 0 Å². The van der Waals surface area contributed by atoms with Crippen molar-refractivity contribution in [3.8, 4) is 11.3 Å². The number of anilines is 1. The molecule has 8 heteroatoms. The zero-order valence-electron chi connectivity index (χ0n) is 13.3. The van der Waals surface area contributed by atoms with E-state index >= 15 is 0 Å². The summed E-state index contributed by atoms with van der Waals surface area (Å²) in [6.07, 6.45) is 1.26. The molecule has 128 valence electrons. The monoisotopic (exact) mass is 343 g/mol. The van der Waals surface area contributed by atoms with Gasteiger partial charge in [0.1, 0.15) is 11.5 Å². The van der Waals surface area contributed by atoms with Crippen LogP contribution in [0.15, 0.2) is 48.7 Å². The lowest BCUT2D eigenvalue weighted by atomic mass is 10.1. The number of benzene rings is 1. The maximum absolute atomic E-state index is 13.0. The molecule has 0 unspecified atom stereocenters. The van der Waals surface area contributed by atoms with E-state index in [1.807, 2.05) is 6.92 Å². The molecule has 0 aliphatic carbocycles. The van der Waals surface area contributed by atoms with Gasteiger partial charge in [0.15, 0.2) is 0 Å². The molecule has 0 atom stereocenters. The number of aryl methyl sites for hydroxylation is 1. The van der Waals surface area contributed by atoms with Gasteiger partial charge < -0.3 is 0 Å². The fourth-order valence-corrected chi connectivity index (χ4v) is 2.25. The van der Waals surface area contributed by atoms with Gasteiger partial charge in [-0.3, -0.25) is 20.3 Å². The second-order valence-electron chi connectivity index (χ2n) is 5.19. The van der Waals surface area contributed by atoms with Crippen molar-refractivity contribution in [2.24, 2.45) is 0 Å². The van der Waals surface area contributed by atoms with Gasteiger partial charge in [-0.05, 0) is 49.4 Å². The van der Waals surface area contributed by atoms with Crippen molar-refractivity contribution in [2.45, 2.75) is 13.5 Å². The standard InChI is InChI=1S/C17H15F2N5O/c1-2-24-15(9-14(23-24)11-3-5-12(18)6-4-11)17(25)22-21-13-7-8-16(19)20-10-13/h3-10,21H,2H2,1H3,(H,22,25). The quantitative estimate of drug-likeness (QED) is 0.552. The van der Waals surface area contributed by atoms with Crippen molar-refractivity contribution in [3.05, 3.63) is 66.1 Å². The van der Waals surface area contributed by atoms with Crippen LogP contribution in [0.1, 0.15) is 17.4 Å². The largest absolute Gasteiger partial charge is 0.297 e. The second-order valence-corrected chi connectivity index (χ2v) is 5.19. The molecule has 0 saturated heterocycles. The SMILES string of the molecule is CCn1nc(-c2ccc(F)cc2)cc1C(=O)NNc1ccc(F)nc1. The predicted octanol–water partition coefficient (Wildman–Crippen LogP) is 3.00. The number of hydrogen-bond acceptors (Lipinski definition) is 4. The summed E-state index contributed by atoms with van der Waals surface area (Å²) in [5, 5.41) is 4.36. The minimum Gasteiger partial charge on any atom is -0.297 e. The molecule has 0 saturated carbocycles. The third kappa shape index (κ3) is 3.79. The number of hydrogen-bond donors (Lipinski definition) is 2. The molecule has 3 rings (SSSR count). The van der Waals surface area contributed by atoms with Crippen LogP contribution >= 0.6 is 0 Å². The van der Waals surface area contributed by atoms with Crippen molar-refractivity contribution in [1.29, 1.82) is 0 Å². The highest BCUT2D eigenvalue weighted by molar-refractivity contribution is 5.94. The zero-order chi connectivity index (χ0) is 17.8. The molecule has 1 amide bonds. The number of nitrogens with one attached hydrogen (secondary N) is 2. The van der Waals surface area contributed by atoms with Gasteiger partial charge in [-0.15, -0.1) is 0 Å². The van der Waals surface area contributed by atoms with Gasteiger partial charge >= 0.3 is 0 Å². The number of carbonyl (C=O) groups is 1. The zero-order valence-corrected chi connectivity index (χ0v) is 13.3. The van der Waals surface area contributed by atoms with E-state index in [1.165, 1.54) is 30.5 Å². The predicted molar refractivity (Wildman–Crippen MR) is 88.6 cm³/mol. The molecule has 1 aromatic carbocycles. The first-order valence-electron chi connectivity index (χ1n) is 7.58. The Morgan fingerprint density at radius 2 is 1.92 bits per heavy atom. The Hall–Kier alpha value is -3.29. The van der Waals surface area contributed by atoms with Crippen LogP contribution < -0.4 is 10.9 Å². The van der Waals surface area contributed by atoms with Gasteiger partial charge in [0.05, 0.1) is 17.6 Å². The first kappa shape index (κ1) is 16.6. The van der Waals surface area contributed by atoms with E-state index in [0.29, 0.717) is 29.2 Å². The maximum atomic E-state index is 13.0. The molecule has 0 aliphatic rings. The number of carbonyl (C=O) groups excluding carboxylic acids is 1. The maximum Gasteiger partial charge on any atom is 0.287 e. The van der Waals surface area contributed by atoms with Crippen LogP contribution in [0.3, 0.4) is 0 Å². The number of halogens is 2. The Morgan fingerprint density at radius 1 is 1.16 bits per heavy atom. The summed E-state index contributed by atoms with van der Waals surface area (Å²) < 4.78 is 27.4.